The molecule has 11 heavy (non-hydrogen) atoms. The van der Waals surface area contributed by atoms with Crippen LogP contribution < -0.4 is 5.73 Å². The molecule has 1 aromatic carbocycles. The van der Waals surface area contributed by atoms with Crippen LogP contribution in [0.15, 0.2) is 12.1 Å². The predicted octanol–water partition coefficient (Wildman–Crippen LogP) is 1.20. The third kappa shape index (κ3) is 0.827. The van der Waals surface area contributed by atoms with Crippen molar-refractivity contribution in [1.82, 2.24) is 0 Å². The fourth-order valence-corrected chi connectivity index (χ4v) is 1.47. The fourth-order valence-electron chi connectivity index (χ4n) is 1.47. The summed E-state index contributed by atoms with van der Waals surface area (Å²) < 4.78 is 0. The normalized spacial score (nSPS) is 15.1. The number of Topliss-reactive ketones (excluding diaryl/α,β-unsaturated/α-hetero) is 1. The second-order valence-corrected chi connectivity index (χ2v) is 2.71. The molecule has 0 unspecified atom stereocenters. The first kappa shape index (κ1) is 6.40. The number of benzene rings is 1. The summed E-state index contributed by atoms with van der Waals surface area (Å²) in [4.78, 5) is 11.2. The molecule has 0 heterocycles. The molecule has 1 aliphatic rings. The van der Waals surface area contributed by atoms with Crippen LogP contribution in [0.3, 0.4) is 0 Å². The van der Waals surface area contributed by atoms with Gasteiger partial charge in [-0.2, -0.15) is 0 Å². The standard InChI is InChI=1S/C9H8NO/c10-7-3-1-2-6-4-5-8(11)9(6)7/h1-2H,4-5,10H2. The Labute approximate surface area is 65.0 Å². The lowest BCUT2D eigenvalue weighted by molar-refractivity contribution is 0.0995. The van der Waals surface area contributed by atoms with Crippen molar-refractivity contribution in [3.05, 3.63) is 29.3 Å². The van der Waals surface area contributed by atoms with Crippen molar-refractivity contribution in [2.45, 2.75) is 12.8 Å². The Morgan fingerprint density at radius 3 is 3.00 bits per heavy atom. The van der Waals surface area contributed by atoms with Crippen molar-refractivity contribution in [3.63, 3.8) is 0 Å². The number of hydrogen-bond donors (Lipinski definition) is 1. The third-order valence-electron chi connectivity index (χ3n) is 2.01. The molecular weight excluding hydrogens is 138 g/mol. The molecule has 0 spiro atoms. The highest BCUT2D eigenvalue weighted by Gasteiger charge is 2.20. The summed E-state index contributed by atoms with van der Waals surface area (Å²) in [5.74, 6) is 0.161. The summed E-state index contributed by atoms with van der Waals surface area (Å²) in [6.45, 7) is 0. The number of nitrogen functional groups attached to an aromatic ring is 1. The maximum Gasteiger partial charge on any atom is 0.165 e. The third-order valence-corrected chi connectivity index (χ3v) is 2.01. The van der Waals surface area contributed by atoms with Crippen molar-refractivity contribution in [1.29, 1.82) is 0 Å². The summed E-state index contributed by atoms with van der Waals surface area (Å²) in [5.41, 5.74) is 7.87. The smallest absolute Gasteiger partial charge is 0.165 e. The van der Waals surface area contributed by atoms with Gasteiger partial charge in [0.05, 0.1) is 5.69 Å². The Morgan fingerprint density at radius 1 is 1.45 bits per heavy atom. The predicted molar refractivity (Wildman–Crippen MR) is 42.3 cm³/mol. The minimum atomic E-state index is 0.161. The van der Waals surface area contributed by atoms with Gasteiger partial charge in [0.25, 0.3) is 0 Å². The van der Waals surface area contributed by atoms with E-state index in [0.717, 1.165) is 12.0 Å². The molecule has 0 saturated heterocycles. The van der Waals surface area contributed by atoms with Gasteiger partial charge in [-0.3, -0.25) is 4.79 Å². The second kappa shape index (κ2) is 2.09. The Hall–Kier alpha value is -1.31. The van der Waals surface area contributed by atoms with Gasteiger partial charge in [0.2, 0.25) is 0 Å². The fraction of sp³-hybridized carbons (Fsp3) is 0.222. The van der Waals surface area contributed by atoms with E-state index in [2.05, 4.69) is 6.07 Å². The SMILES string of the molecule is Nc1[c]ccc2c1C(=O)CC2. The average molecular weight is 146 g/mol. The molecule has 0 aliphatic heterocycles. The van der Waals surface area contributed by atoms with Gasteiger partial charge >= 0.3 is 0 Å². The van der Waals surface area contributed by atoms with Crippen LogP contribution in [0.4, 0.5) is 5.69 Å². The van der Waals surface area contributed by atoms with Gasteiger partial charge in [0, 0.05) is 18.1 Å². The number of hydrogen-bond acceptors (Lipinski definition) is 2. The molecule has 0 bridgehead atoms. The number of ketones is 1. The molecule has 55 valence electrons. The van der Waals surface area contributed by atoms with Gasteiger partial charge in [-0.1, -0.05) is 12.1 Å². The highest BCUT2D eigenvalue weighted by atomic mass is 16.1. The highest BCUT2D eigenvalue weighted by molar-refractivity contribution is 6.04. The van der Waals surface area contributed by atoms with E-state index in [4.69, 9.17) is 5.73 Å². The van der Waals surface area contributed by atoms with Crippen molar-refractivity contribution in [3.8, 4) is 0 Å². The largest absolute Gasteiger partial charge is 0.398 e. The zero-order chi connectivity index (χ0) is 7.84. The lowest BCUT2D eigenvalue weighted by Crippen LogP contribution is -1.98. The Bertz CT molecular complexity index is 317. The summed E-state index contributed by atoms with van der Waals surface area (Å²) in [5, 5.41) is 0. The van der Waals surface area contributed by atoms with Gasteiger partial charge in [-0.15, -0.1) is 0 Å². The number of fused-ring (bicyclic) bond motifs is 1. The topological polar surface area (TPSA) is 43.1 Å². The van der Waals surface area contributed by atoms with E-state index in [1.54, 1.807) is 6.07 Å². The molecule has 2 nitrogen and oxygen atoms in total. The number of carbonyl (C=O) groups excluding carboxylic acids is 1. The van der Waals surface area contributed by atoms with E-state index in [1.807, 2.05) is 6.07 Å². The number of nitrogens with two attached hydrogens (primary N) is 1. The maximum absolute atomic E-state index is 11.2. The van der Waals surface area contributed by atoms with Crippen LogP contribution in [0.1, 0.15) is 22.3 Å². The van der Waals surface area contributed by atoms with E-state index in [0.29, 0.717) is 17.7 Å². The summed E-state index contributed by atoms with van der Waals surface area (Å²) in [6.07, 6.45) is 1.45. The number of anilines is 1. The van der Waals surface area contributed by atoms with E-state index >= 15 is 0 Å². The van der Waals surface area contributed by atoms with Gasteiger partial charge in [0.1, 0.15) is 0 Å². The lowest BCUT2D eigenvalue weighted by atomic mass is 10.1. The van der Waals surface area contributed by atoms with Gasteiger partial charge < -0.3 is 5.73 Å². The quantitative estimate of drug-likeness (QED) is 0.559. The minimum Gasteiger partial charge on any atom is -0.398 e. The van der Waals surface area contributed by atoms with Crippen molar-refractivity contribution < 1.29 is 4.79 Å². The molecule has 1 aliphatic carbocycles. The molecule has 0 aromatic heterocycles. The lowest BCUT2D eigenvalue weighted by Gasteiger charge is -1.98. The molecule has 0 atom stereocenters. The molecule has 1 aromatic rings. The van der Waals surface area contributed by atoms with Crippen molar-refractivity contribution in [2.24, 2.45) is 0 Å². The average Bonchev–Trinajstić information content (AvgIpc) is 2.34. The summed E-state index contributed by atoms with van der Waals surface area (Å²) in [7, 11) is 0. The maximum atomic E-state index is 11.2. The number of carbonyl (C=O) groups is 1. The first-order valence-electron chi connectivity index (χ1n) is 3.61. The monoisotopic (exact) mass is 146 g/mol. The van der Waals surface area contributed by atoms with Gasteiger partial charge in [-0.25, -0.2) is 0 Å². The van der Waals surface area contributed by atoms with Crippen LogP contribution in [0.2, 0.25) is 0 Å². The Balaban J connectivity index is 2.68. The van der Waals surface area contributed by atoms with E-state index < -0.39 is 0 Å². The molecule has 2 heteroatoms. The molecule has 0 amide bonds. The van der Waals surface area contributed by atoms with Crippen LogP contribution >= 0.6 is 0 Å². The van der Waals surface area contributed by atoms with Gasteiger partial charge in [0.15, 0.2) is 5.78 Å². The Kier molecular flexibility index (Phi) is 1.22. The second-order valence-electron chi connectivity index (χ2n) is 2.71. The van der Waals surface area contributed by atoms with Crippen LogP contribution in [-0.2, 0) is 6.42 Å². The van der Waals surface area contributed by atoms with E-state index in [-0.39, 0.29) is 5.78 Å². The van der Waals surface area contributed by atoms with Crippen LogP contribution in [0.25, 0.3) is 0 Å². The molecular formula is C9H8NO. The first-order chi connectivity index (χ1) is 5.29. The van der Waals surface area contributed by atoms with Crippen LogP contribution in [0, 0.1) is 6.07 Å². The molecule has 0 saturated carbocycles. The summed E-state index contributed by atoms with van der Waals surface area (Å²) >= 11 is 0. The molecule has 2 N–H and O–H groups in total. The van der Waals surface area contributed by atoms with Crippen LogP contribution in [-0.4, -0.2) is 5.78 Å². The van der Waals surface area contributed by atoms with Crippen molar-refractivity contribution >= 4 is 11.5 Å². The Morgan fingerprint density at radius 2 is 2.27 bits per heavy atom. The highest BCUT2D eigenvalue weighted by Crippen LogP contribution is 2.25. The van der Waals surface area contributed by atoms with Crippen LogP contribution in [0.5, 0.6) is 0 Å². The zero-order valence-corrected chi connectivity index (χ0v) is 6.05. The minimum absolute atomic E-state index is 0.161. The molecule has 1 radical (unpaired) electrons. The van der Waals surface area contributed by atoms with Gasteiger partial charge in [-0.05, 0) is 12.0 Å². The van der Waals surface area contributed by atoms with E-state index in [9.17, 15) is 4.79 Å². The van der Waals surface area contributed by atoms with Crippen molar-refractivity contribution in [2.75, 3.05) is 5.73 Å². The summed E-state index contributed by atoms with van der Waals surface area (Å²) in [6, 6.07) is 6.50. The first-order valence-corrected chi connectivity index (χ1v) is 3.61. The molecule has 2 rings (SSSR count). The van der Waals surface area contributed by atoms with E-state index in [1.165, 1.54) is 0 Å². The number of rotatable bonds is 0. The number of aryl methyl sites for hydroxylation is 1. The molecule has 0 fully saturated rings. The zero-order valence-electron chi connectivity index (χ0n) is 6.05.